The maximum Gasteiger partial charge on any atom is 0.255 e. The molecule has 1 aromatic rings. The van der Waals surface area contributed by atoms with Crippen molar-refractivity contribution in [1.82, 2.24) is 14.4 Å². The molecule has 0 atom stereocenters. The number of carbonyl (C=O) groups excluding carboxylic acids is 2. The van der Waals surface area contributed by atoms with Crippen LogP contribution in [0.2, 0.25) is 0 Å². The molecule has 1 saturated carbocycles. The van der Waals surface area contributed by atoms with Crippen molar-refractivity contribution in [1.29, 1.82) is 0 Å². The lowest BCUT2D eigenvalue weighted by Crippen LogP contribution is -2.55. The zero-order valence-corrected chi connectivity index (χ0v) is 18.1. The van der Waals surface area contributed by atoms with Crippen molar-refractivity contribution < 1.29 is 14.7 Å². The topological polar surface area (TPSA) is 65.8 Å². The lowest BCUT2D eigenvalue weighted by atomic mass is 9.71. The Morgan fingerprint density at radius 2 is 1.76 bits per heavy atom. The molecular weight excluding hydrogens is 366 g/mol. The molecule has 3 fully saturated rings. The number of hydrogen-bond donors (Lipinski definition) is 1. The van der Waals surface area contributed by atoms with Gasteiger partial charge >= 0.3 is 0 Å². The number of rotatable bonds is 2. The van der Waals surface area contributed by atoms with Gasteiger partial charge in [-0.1, -0.05) is 0 Å². The fourth-order valence-electron chi connectivity index (χ4n) is 5.58. The summed E-state index contributed by atoms with van der Waals surface area (Å²) in [6, 6.07) is 2.29. The van der Waals surface area contributed by atoms with E-state index in [1.165, 1.54) is 0 Å². The van der Waals surface area contributed by atoms with E-state index in [4.69, 9.17) is 0 Å². The van der Waals surface area contributed by atoms with E-state index in [0.29, 0.717) is 6.42 Å². The summed E-state index contributed by atoms with van der Waals surface area (Å²) in [6.07, 6.45) is 6.78. The minimum atomic E-state index is -0.195. The van der Waals surface area contributed by atoms with E-state index in [-0.39, 0.29) is 29.4 Å². The average Bonchev–Trinajstić information content (AvgIpc) is 2.98. The predicted molar refractivity (Wildman–Crippen MR) is 112 cm³/mol. The molecule has 6 heteroatoms. The second-order valence-corrected chi connectivity index (χ2v) is 9.62. The number of hydrogen-bond acceptors (Lipinski definition) is 3. The molecule has 29 heavy (non-hydrogen) atoms. The van der Waals surface area contributed by atoms with Crippen LogP contribution in [-0.2, 0) is 11.8 Å². The van der Waals surface area contributed by atoms with Gasteiger partial charge in [0.05, 0.1) is 11.7 Å². The first kappa shape index (κ1) is 20.5. The molecule has 3 aliphatic rings. The quantitative estimate of drug-likeness (QED) is 0.829. The van der Waals surface area contributed by atoms with E-state index in [9.17, 15) is 14.7 Å². The minimum Gasteiger partial charge on any atom is -0.393 e. The number of aliphatic hydroxyl groups excluding tert-OH is 1. The zero-order chi connectivity index (χ0) is 20.8. The second-order valence-electron chi connectivity index (χ2n) is 9.62. The van der Waals surface area contributed by atoms with Crippen molar-refractivity contribution in [3.8, 4) is 0 Å². The number of aryl methyl sites for hydroxylation is 1. The van der Waals surface area contributed by atoms with Gasteiger partial charge in [0.2, 0.25) is 5.91 Å². The number of likely N-dealkylation sites (tertiary alicyclic amines) is 2. The smallest absolute Gasteiger partial charge is 0.255 e. The number of aliphatic hydroxyl groups is 1. The van der Waals surface area contributed by atoms with Crippen LogP contribution in [-0.4, -0.2) is 63.1 Å². The van der Waals surface area contributed by atoms with Crippen molar-refractivity contribution >= 4 is 11.8 Å². The van der Waals surface area contributed by atoms with E-state index in [2.05, 4.69) is 9.47 Å². The van der Waals surface area contributed by atoms with Crippen molar-refractivity contribution in [3.63, 3.8) is 0 Å². The molecule has 0 bridgehead atoms. The van der Waals surface area contributed by atoms with Crippen molar-refractivity contribution in [2.24, 2.45) is 12.5 Å². The molecule has 3 heterocycles. The standard InChI is InChI=1S/C23H35N3O3/c1-16-14-20(17(2)24(16)3)22(29)25-12-10-23(11-13-25)9-8-21(28)26(15-23)18-4-6-19(27)7-5-18/h14,18-19,27H,4-13,15H2,1-3H3. The third kappa shape index (κ3) is 3.83. The van der Waals surface area contributed by atoms with E-state index in [0.717, 1.165) is 81.5 Å². The van der Waals surface area contributed by atoms with E-state index in [1.54, 1.807) is 0 Å². The second kappa shape index (κ2) is 7.78. The molecule has 1 aromatic heterocycles. The van der Waals surface area contributed by atoms with Crippen molar-refractivity contribution in [2.45, 2.75) is 77.4 Å². The molecule has 2 saturated heterocycles. The number of amides is 2. The van der Waals surface area contributed by atoms with E-state index >= 15 is 0 Å². The zero-order valence-electron chi connectivity index (χ0n) is 18.1. The van der Waals surface area contributed by atoms with Gasteiger partial charge in [-0.3, -0.25) is 9.59 Å². The average molecular weight is 402 g/mol. The highest BCUT2D eigenvalue weighted by atomic mass is 16.3. The predicted octanol–water partition coefficient (Wildman–Crippen LogP) is 2.79. The molecule has 2 amide bonds. The van der Waals surface area contributed by atoms with Crippen molar-refractivity contribution in [3.05, 3.63) is 23.0 Å². The Balaban J connectivity index is 1.40. The summed E-state index contributed by atoms with van der Waals surface area (Å²) in [6.45, 7) is 6.43. The molecule has 1 N–H and O–H groups in total. The normalized spacial score (nSPS) is 27.5. The largest absolute Gasteiger partial charge is 0.393 e. The van der Waals surface area contributed by atoms with Gasteiger partial charge in [-0.15, -0.1) is 0 Å². The maximum atomic E-state index is 13.1. The molecule has 0 unspecified atom stereocenters. The highest BCUT2D eigenvalue weighted by Crippen LogP contribution is 2.42. The maximum absolute atomic E-state index is 13.1. The summed E-state index contributed by atoms with van der Waals surface area (Å²) in [5, 5.41) is 9.80. The Morgan fingerprint density at radius 1 is 1.10 bits per heavy atom. The number of nitrogens with zero attached hydrogens (tertiary/aromatic N) is 3. The van der Waals surface area contributed by atoms with Gasteiger partial charge in [0, 0.05) is 50.5 Å². The lowest BCUT2D eigenvalue weighted by molar-refractivity contribution is -0.143. The third-order valence-electron chi connectivity index (χ3n) is 7.92. The van der Waals surface area contributed by atoms with Crippen LogP contribution in [0.3, 0.4) is 0 Å². The fourth-order valence-corrected chi connectivity index (χ4v) is 5.58. The van der Waals surface area contributed by atoms with Crippen LogP contribution in [0.5, 0.6) is 0 Å². The summed E-state index contributed by atoms with van der Waals surface area (Å²) in [5.41, 5.74) is 3.12. The van der Waals surface area contributed by atoms with Crippen LogP contribution in [0, 0.1) is 19.3 Å². The Kier molecular flexibility index (Phi) is 5.49. The van der Waals surface area contributed by atoms with Crippen LogP contribution in [0.1, 0.15) is 73.1 Å². The monoisotopic (exact) mass is 401 g/mol. The van der Waals surface area contributed by atoms with Gasteiger partial charge in [-0.05, 0) is 70.3 Å². The molecular formula is C23H35N3O3. The summed E-state index contributed by atoms with van der Waals surface area (Å²) < 4.78 is 2.07. The minimum absolute atomic E-state index is 0.145. The Bertz CT molecular complexity index is 784. The SMILES string of the molecule is Cc1cc(C(=O)N2CCC3(CCC(=O)N(C4CCC(O)CC4)C3)CC2)c(C)n1C. The Hall–Kier alpha value is -1.82. The molecule has 2 aliphatic heterocycles. The van der Waals surface area contributed by atoms with Crippen LogP contribution in [0.25, 0.3) is 0 Å². The van der Waals surface area contributed by atoms with Crippen LogP contribution < -0.4 is 0 Å². The highest BCUT2D eigenvalue weighted by molar-refractivity contribution is 5.95. The molecule has 160 valence electrons. The molecule has 0 aromatic carbocycles. The van der Waals surface area contributed by atoms with E-state index < -0.39 is 0 Å². The number of piperidine rings is 2. The van der Waals surface area contributed by atoms with Gasteiger partial charge in [-0.25, -0.2) is 0 Å². The first-order chi connectivity index (χ1) is 13.8. The van der Waals surface area contributed by atoms with Gasteiger partial charge in [-0.2, -0.15) is 0 Å². The Labute approximate surface area is 173 Å². The summed E-state index contributed by atoms with van der Waals surface area (Å²) in [4.78, 5) is 29.8. The Morgan fingerprint density at radius 3 is 2.34 bits per heavy atom. The number of aromatic nitrogens is 1. The lowest BCUT2D eigenvalue weighted by Gasteiger charge is -2.50. The summed E-state index contributed by atoms with van der Waals surface area (Å²) in [5.74, 6) is 0.428. The highest BCUT2D eigenvalue weighted by Gasteiger charge is 2.44. The van der Waals surface area contributed by atoms with Crippen LogP contribution >= 0.6 is 0 Å². The molecule has 1 aliphatic carbocycles. The molecule has 0 radical (unpaired) electrons. The third-order valence-corrected chi connectivity index (χ3v) is 7.92. The van der Waals surface area contributed by atoms with Crippen LogP contribution in [0.15, 0.2) is 6.07 Å². The molecule has 6 nitrogen and oxygen atoms in total. The first-order valence-electron chi connectivity index (χ1n) is 11.2. The summed E-state index contributed by atoms with van der Waals surface area (Å²) in [7, 11) is 2.00. The van der Waals surface area contributed by atoms with Crippen LogP contribution in [0.4, 0.5) is 0 Å². The van der Waals surface area contributed by atoms with Gasteiger partial charge < -0.3 is 19.5 Å². The molecule has 1 spiro atoms. The molecule has 4 rings (SSSR count). The first-order valence-corrected chi connectivity index (χ1v) is 11.2. The summed E-state index contributed by atoms with van der Waals surface area (Å²) >= 11 is 0. The van der Waals surface area contributed by atoms with Gasteiger partial charge in [0.15, 0.2) is 0 Å². The van der Waals surface area contributed by atoms with E-state index in [1.807, 2.05) is 31.9 Å². The van der Waals surface area contributed by atoms with Crippen molar-refractivity contribution in [2.75, 3.05) is 19.6 Å². The van der Waals surface area contributed by atoms with Gasteiger partial charge in [0.1, 0.15) is 0 Å². The fraction of sp³-hybridized carbons (Fsp3) is 0.739. The van der Waals surface area contributed by atoms with Gasteiger partial charge in [0.25, 0.3) is 5.91 Å². The number of carbonyl (C=O) groups is 2.